The van der Waals surface area contributed by atoms with Crippen molar-refractivity contribution in [3.63, 3.8) is 0 Å². The highest BCUT2D eigenvalue weighted by Crippen LogP contribution is 2.47. The van der Waals surface area contributed by atoms with Crippen molar-refractivity contribution in [1.82, 2.24) is 0 Å². The summed E-state index contributed by atoms with van der Waals surface area (Å²) in [6.45, 7) is 0. The van der Waals surface area contributed by atoms with E-state index in [0.717, 1.165) is 9.80 Å². The molecular formula is C28H8Br8N2O5. The summed E-state index contributed by atoms with van der Waals surface area (Å²) in [5.74, 6) is -0.948. The van der Waals surface area contributed by atoms with E-state index in [4.69, 9.17) is 4.74 Å². The first-order valence-electron chi connectivity index (χ1n) is 11.7. The molecule has 0 unspecified atom stereocenters. The lowest BCUT2D eigenvalue weighted by Gasteiger charge is -2.16. The second kappa shape index (κ2) is 11.9. The molecule has 0 atom stereocenters. The van der Waals surface area contributed by atoms with Crippen molar-refractivity contribution in [2.45, 2.75) is 0 Å². The molecule has 216 valence electrons. The molecule has 0 saturated carbocycles. The predicted octanol–water partition coefficient (Wildman–Crippen LogP) is 11.2. The first kappa shape index (κ1) is 31.8. The minimum atomic E-state index is -0.461. The molecule has 0 bridgehead atoms. The Morgan fingerprint density at radius 3 is 0.837 bits per heavy atom. The van der Waals surface area contributed by atoms with Crippen molar-refractivity contribution < 1.29 is 23.9 Å². The minimum Gasteiger partial charge on any atom is -0.457 e. The standard InChI is InChI=1S/C28H8Br8N2O5/c29-17-13-14(18(30)22(34)21(17)33)26(40)37(25(13)39)9-1-5-11(6-2-9)43-12-7-3-10(4-8-12)38-27(41)15-16(28(38)42)20(32)24(36)23(35)19(15)31/h1-8H. The number of carbonyl (C=O) groups is 4. The number of amides is 4. The van der Waals surface area contributed by atoms with Gasteiger partial charge in [-0.05, 0) is 176 Å². The SMILES string of the molecule is O=C1c2c(Br)c(Br)c(Br)c(Br)c2C(=O)N1c1ccc(Oc2ccc(N3C(=O)c4c(Br)c(Br)c(Br)c(Br)c4C3=O)cc2)cc1. The Balaban J connectivity index is 1.22. The van der Waals surface area contributed by atoms with Crippen LogP contribution in [0.4, 0.5) is 11.4 Å². The molecule has 4 aromatic carbocycles. The monoisotopic (exact) mass is 1080 g/mol. The van der Waals surface area contributed by atoms with Crippen LogP contribution in [0, 0.1) is 0 Å². The van der Waals surface area contributed by atoms with Crippen LogP contribution < -0.4 is 14.5 Å². The van der Waals surface area contributed by atoms with E-state index in [1.807, 2.05) is 0 Å². The van der Waals surface area contributed by atoms with Crippen molar-refractivity contribution in [1.29, 1.82) is 0 Å². The smallest absolute Gasteiger partial charge is 0.267 e. The molecule has 4 aromatic rings. The Bertz CT molecular complexity index is 1730. The van der Waals surface area contributed by atoms with Gasteiger partial charge in [0.15, 0.2) is 0 Å². The van der Waals surface area contributed by atoms with E-state index in [-0.39, 0.29) is 22.3 Å². The minimum absolute atomic E-state index is 0.255. The van der Waals surface area contributed by atoms with Crippen LogP contribution in [0.5, 0.6) is 11.5 Å². The molecular weight excluding hydrogens is 1080 g/mol. The lowest BCUT2D eigenvalue weighted by molar-refractivity contribution is 0.0910. The van der Waals surface area contributed by atoms with Crippen molar-refractivity contribution in [2.24, 2.45) is 0 Å². The molecule has 0 aliphatic carbocycles. The van der Waals surface area contributed by atoms with Gasteiger partial charge in [0.25, 0.3) is 23.6 Å². The zero-order valence-corrected chi connectivity index (χ0v) is 33.3. The Labute approximate surface area is 310 Å². The van der Waals surface area contributed by atoms with Crippen molar-refractivity contribution in [2.75, 3.05) is 9.80 Å². The molecule has 0 aromatic heterocycles. The van der Waals surface area contributed by atoms with Crippen LogP contribution in [0.1, 0.15) is 41.4 Å². The van der Waals surface area contributed by atoms with E-state index in [9.17, 15) is 19.2 Å². The third-order valence-electron chi connectivity index (χ3n) is 6.63. The Hall–Kier alpha value is -1.20. The van der Waals surface area contributed by atoms with Gasteiger partial charge in [0.2, 0.25) is 0 Å². The molecule has 0 radical (unpaired) electrons. The summed E-state index contributed by atoms with van der Waals surface area (Å²) in [6, 6.07) is 13.0. The maximum Gasteiger partial charge on any atom is 0.267 e. The fourth-order valence-corrected chi connectivity index (χ4v) is 9.54. The molecule has 2 aliphatic heterocycles. The molecule has 43 heavy (non-hydrogen) atoms. The summed E-state index contributed by atoms with van der Waals surface area (Å²) >= 11 is 27.4. The number of fused-ring (bicyclic) bond motifs is 2. The summed E-state index contributed by atoms with van der Waals surface area (Å²) in [7, 11) is 0. The van der Waals surface area contributed by atoms with Crippen LogP contribution in [-0.2, 0) is 0 Å². The number of halogens is 8. The third kappa shape index (κ3) is 5.00. The lowest BCUT2D eigenvalue weighted by atomic mass is 10.1. The number of rotatable bonds is 4. The number of benzene rings is 4. The Kier molecular flexibility index (Phi) is 8.77. The molecule has 0 N–H and O–H groups in total. The van der Waals surface area contributed by atoms with Gasteiger partial charge in [0.1, 0.15) is 11.5 Å². The second-order valence-electron chi connectivity index (χ2n) is 8.99. The normalized spacial score (nSPS) is 14.1. The summed E-state index contributed by atoms with van der Waals surface area (Å²) < 4.78 is 10.3. The summed E-state index contributed by atoms with van der Waals surface area (Å²) in [4.78, 5) is 55.3. The third-order valence-corrected chi connectivity index (χ3v) is 16.2. The summed E-state index contributed by atoms with van der Waals surface area (Å²) in [5.41, 5.74) is 1.77. The predicted molar refractivity (Wildman–Crippen MR) is 190 cm³/mol. The average molecular weight is 1090 g/mol. The van der Waals surface area contributed by atoms with Crippen LogP contribution >= 0.6 is 127 Å². The van der Waals surface area contributed by atoms with Crippen LogP contribution in [-0.4, -0.2) is 23.6 Å². The van der Waals surface area contributed by atoms with Gasteiger partial charge in [-0.15, -0.1) is 0 Å². The second-order valence-corrected chi connectivity index (χ2v) is 15.3. The Morgan fingerprint density at radius 1 is 0.372 bits per heavy atom. The van der Waals surface area contributed by atoms with Gasteiger partial charge in [-0.2, -0.15) is 0 Å². The zero-order valence-electron chi connectivity index (χ0n) is 20.6. The highest BCUT2D eigenvalue weighted by atomic mass is 79.9. The van der Waals surface area contributed by atoms with Crippen LogP contribution in [0.2, 0.25) is 0 Å². The number of anilines is 2. The highest BCUT2D eigenvalue weighted by molar-refractivity contribution is 9.15. The number of nitrogens with zero attached hydrogens (tertiary/aromatic N) is 2. The fraction of sp³-hybridized carbons (Fsp3) is 0. The van der Waals surface area contributed by atoms with E-state index < -0.39 is 23.6 Å². The summed E-state index contributed by atoms with van der Waals surface area (Å²) in [6.07, 6.45) is 0. The van der Waals surface area contributed by atoms with Gasteiger partial charge in [0.05, 0.1) is 33.6 Å². The Morgan fingerprint density at radius 2 is 0.605 bits per heavy atom. The molecule has 0 saturated heterocycles. The number of hydrogen-bond donors (Lipinski definition) is 0. The van der Waals surface area contributed by atoms with E-state index in [2.05, 4.69) is 127 Å². The molecule has 7 nitrogen and oxygen atoms in total. The van der Waals surface area contributed by atoms with E-state index >= 15 is 0 Å². The van der Waals surface area contributed by atoms with Gasteiger partial charge >= 0.3 is 0 Å². The van der Waals surface area contributed by atoms with Crippen molar-refractivity contribution >= 4 is 162 Å². The number of ether oxygens (including phenoxy) is 1. The summed E-state index contributed by atoms with van der Waals surface area (Å²) in [5, 5.41) is 0. The molecule has 4 amide bonds. The van der Waals surface area contributed by atoms with Crippen molar-refractivity contribution in [3.05, 3.63) is 107 Å². The first-order chi connectivity index (χ1) is 20.3. The van der Waals surface area contributed by atoms with Crippen LogP contribution in [0.25, 0.3) is 0 Å². The molecule has 0 fully saturated rings. The average Bonchev–Trinajstić information content (AvgIpc) is 3.41. The van der Waals surface area contributed by atoms with Gasteiger partial charge in [-0.3, -0.25) is 19.2 Å². The maximum atomic E-state index is 13.3. The molecule has 0 spiro atoms. The number of imide groups is 2. The zero-order chi connectivity index (χ0) is 31.1. The van der Waals surface area contributed by atoms with Crippen molar-refractivity contribution in [3.8, 4) is 11.5 Å². The maximum absolute atomic E-state index is 13.3. The molecule has 2 heterocycles. The number of hydrogen-bond acceptors (Lipinski definition) is 5. The first-order valence-corrected chi connectivity index (χ1v) is 18.1. The largest absolute Gasteiger partial charge is 0.457 e. The topological polar surface area (TPSA) is 84.0 Å². The van der Waals surface area contributed by atoms with Crippen LogP contribution in [0.3, 0.4) is 0 Å². The van der Waals surface area contributed by atoms with Gasteiger partial charge in [-0.25, -0.2) is 9.80 Å². The van der Waals surface area contributed by atoms with Gasteiger partial charge in [0, 0.05) is 35.8 Å². The van der Waals surface area contributed by atoms with E-state index in [0.29, 0.717) is 58.7 Å². The van der Waals surface area contributed by atoms with Crippen LogP contribution in [0.15, 0.2) is 84.3 Å². The van der Waals surface area contributed by atoms with Gasteiger partial charge < -0.3 is 4.74 Å². The quantitative estimate of drug-likeness (QED) is 0.115. The molecule has 6 rings (SSSR count). The van der Waals surface area contributed by atoms with E-state index in [1.165, 1.54) is 0 Å². The van der Waals surface area contributed by atoms with E-state index in [1.54, 1.807) is 48.5 Å². The highest BCUT2D eigenvalue weighted by Gasteiger charge is 2.43. The van der Waals surface area contributed by atoms with Gasteiger partial charge in [-0.1, -0.05) is 0 Å². The fourth-order valence-electron chi connectivity index (χ4n) is 4.63. The lowest BCUT2D eigenvalue weighted by Crippen LogP contribution is -2.29. The molecule has 15 heteroatoms. The molecule has 2 aliphatic rings. The number of carbonyl (C=O) groups excluding carboxylic acids is 4.